The number of ether oxygens (including phenoxy) is 4. The number of carbonyl (C=O) groups excluding carboxylic acids is 2. The van der Waals surface area contributed by atoms with Gasteiger partial charge in [0.05, 0.1) is 73.5 Å². The van der Waals surface area contributed by atoms with Gasteiger partial charge in [-0.1, -0.05) is 98.9 Å². The number of hydrogen-bond acceptors (Lipinski definition) is 16. The number of esters is 1. The number of hydrogen-bond donors (Lipinski definition) is 11. The van der Waals surface area contributed by atoms with E-state index in [4.69, 9.17) is 18.9 Å². The van der Waals surface area contributed by atoms with Crippen LogP contribution in [0.25, 0.3) is 0 Å². The summed E-state index contributed by atoms with van der Waals surface area (Å²) in [4.78, 5) is 24.9. The molecule has 371 valence electrons. The fourth-order valence-electron chi connectivity index (χ4n) is 7.82. The first-order valence-electron chi connectivity index (χ1n) is 22.5. The smallest absolute Gasteiger partial charge is 0.308 e. The van der Waals surface area contributed by atoms with E-state index in [9.17, 15) is 60.7 Å². The Kier molecular flexibility index (Phi) is 27.5. The third-order valence-corrected chi connectivity index (χ3v) is 11.7. The number of amides is 1. The van der Waals surface area contributed by atoms with E-state index in [-0.39, 0.29) is 64.3 Å². The molecular formula is C48H74NO16Y-. The van der Waals surface area contributed by atoms with Crippen molar-refractivity contribution in [2.75, 3.05) is 0 Å². The van der Waals surface area contributed by atoms with Crippen LogP contribution >= 0.6 is 0 Å². The van der Waals surface area contributed by atoms with Gasteiger partial charge in [-0.3, -0.25) is 16.0 Å². The summed E-state index contributed by atoms with van der Waals surface area (Å²) in [5.41, 5.74) is 0. The molecule has 2 bridgehead atoms. The summed E-state index contributed by atoms with van der Waals surface area (Å²) in [6.07, 6.45) is 7.55. The summed E-state index contributed by atoms with van der Waals surface area (Å²) in [5.74, 6) is -4.12. The van der Waals surface area contributed by atoms with E-state index >= 15 is 0 Å². The van der Waals surface area contributed by atoms with Gasteiger partial charge in [0.25, 0.3) is 0 Å². The molecule has 0 aromatic heterocycles. The summed E-state index contributed by atoms with van der Waals surface area (Å²) in [6.45, 7) is 8.09. The van der Waals surface area contributed by atoms with Crippen LogP contribution in [0, 0.1) is 18.3 Å². The molecule has 17 nitrogen and oxygen atoms in total. The Morgan fingerprint density at radius 3 is 1.86 bits per heavy atom. The first kappa shape index (κ1) is 59.8. The molecule has 66 heavy (non-hydrogen) atoms. The zero-order valence-corrected chi connectivity index (χ0v) is 41.5. The van der Waals surface area contributed by atoms with Crippen molar-refractivity contribution >= 4 is 11.9 Å². The maximum Gasteiger partial charge on any atom is 0.308 e. The van der Waals surface area contributed by atoms with Crippen molar-refractivity contribution in [1.82, 2.24) is 5.32 Å². The molecule has 18 heteroatoms. The van der Waals surface area contributed by atoms with Crippen LogP contribution in [0.2, 0.25) is 0 Å². The number of allylic oxidation sites excluding steroid dienone is 12. The van der Waals surface area contributed by atoms with E-state index in [0.717, 1.165) is 0 Å². The topological polar surface area (TPSA) is 285 Å². The molecule has 1 radical (unpaired) electrons. The molecule has 0 aromatic carbocycles. The van der Waals surface area contributed by atoms with Gasteiger partial charge >= 0.3 is 5.97 Å². The molecule has 3 aliphatic rings. The minimum Gasteiger partial charge on any atom is -0.462 e. The van der Waals surface area contributed by atoms with Crippen LogP contribution in [0.15, 0.2) is 85.1 Å². The molecule has 0 saturated carbocycles. The van der Waals surface area contributed by atoms with Crippen LogP contribution in [-0.2, 0) is 61.2 Å². The van der Waals surface area contributed by atoms with Crippen molar-refractivity contribution in [3.8, 4) is 0 Å². The van der Waals surface area contributed by atoms with E-state index < -0.39 is 141 Å². The first-order chi connectivity index (χ1) is 30.7. The number of cyclic esters (lactones) is 1. The zero-order valence-electron chi connectivity index (χ0n) is 38.6. The van der Waals surface area contributed by atoms with Crippen LogP contribution in [0.4, 0.5) is 0 Å². The van der Waals surface area contributed by atoms with Crippen LogP contribution in [0.1, 0.15) is 86.0 Å². The zero-order chi connectivity index (χ0) is 48.3. The van der Waals surface area contributed by atoms with Crippen molar-refractivity contribution in [2.45, 2.75) is 183 Å². The van der Waals surface area contributed by atoms with E-state index in [1.807, 2.05) is 49.5 Å². The Hall–Kier alpha value is -2.30. The van der Waals surface area contributed by atoms with Crippen LogP contribution in [-0.4, -0.2) is 160 Å². The Morgan fingerprint density at radius 1 is 0.697 bits per heavy atom. The van der Waals surface area contributed by atoms with Gasteiger partial charge in [0, 0.05) is 77.2 Å². The summed E-state index contributed by atoms with van der Waals surface area (Å²) in [7, 11) is 0. The van der Waals surface area contributed by atoms with Crippen molar-refractivity contribution in [2.24, 2.45) is 11.8 Å². The molecule has 0 spiro atoms. The van der Waals surface area contributed by atoms with Gasteiger partial charge in [-0.25, -0.2) is 0 Å². The van der Waals surface area contributed by atoms with E-state index in [2.05, 4.69) is 5.32 Å². The predicted molar refractivity (Wildman–Crippen MR) is 240 cm³/mol. The SMILES string of the molecule is CC(=O)NC1C(O)CC2(O)CC(O)CC(O)C(O)CCC(O)CC(O)CC(=O)OC(C)C(C)C(O)C(C)/C=C/C=C/C=C/C=C/C=C/C=C/C=C/C(OC3OC(C)C(O)[CH-]C3O)CC1O2.[Y]. The number of aliphatic hydroxyl groups is 10. The van der Waals surface area contributed by atoms with Gasteiger partial charge < -0.3 is 75.3 Å². The number of aliphatic hydroxyl groups excluding tert-OH is 9. The molecular weight excluding hydrogens is 935 g/mol. The normalized spacial score (nSPS) is 43.6. The molecule has 3 rings (SSSR count). The van der Waals surface area contributed by atoms with Crippen LogP contribution in [0.5, 0.6) is 0 Å². The van der Waals surface area contributed by atoms with E-state index in [1.165, 1.54) is 13.3 Å². The average molecular weight is 1010 g/mol. The Labute approximate surface area is 414 Å². The third kappa shape index (κ3) is 21.6. The fraction of sp³-hybridized carbons (Fsp3) is 0.646. The minimum atomic E-state index is -2.19. The largest absolute Gasteiger partial charge is 0.462 e. The monoisotopic (exact) mass is 1010 g/mol. The molecule has 18 unspecified atom stereocenters. The van der Waals surface area contributed by atoms with Crippen molar-refractivity contribution < 1.29 is 112 Å². The number of fused-ring (bicyclic) bond motifs is 2. The second-order valence-corrected chi connectivity index (χ2v) is 17.5. The molecule has 3 aliphatic heterocycles. The fourth-order valence-corrected chi connectivity index (χ4v) is 7.82. The summed E-state index contributed by atoms with van der Waals surface area (Å²) in [6, 6.07) is -1.06. The maximum atomic E-state index is 12.6. The predicted octanol–water partition coefficient (Wildman–Crippen LogP) is 1.39. The molecule has 1 amide bonds. The van der Waals surface area contributed by atoms with Gasteiger partial charge in [-0.05, 0) is 45.3 Å². The molecule has 0 aliphatic carbocycles. The molecule has 18 atom stereocenters. The summed E-state index contributed by atoms with van der Waals surface area (Å²) < 4.78 is 23.5. The van der Waals surface area contributed by atoms with Gasteiger partial charge in [0.15, 0.2) is 12.1 Å². The molecule has 0 aromatic rings. The Morgan fingerprint density at radius 2 is 1.27 bits per heavy atom. The Bertz CT molecular complexity index is 1660. The van der Waals surface area contributed by atoms with E-state index in [0.29, 0.717) is 0 Å². The van der Waals surface area contributed by atoms with Gasteiger partial charge in [0.2, 0.25) is 5.91 Å². The third-order valence-electron chi connectivity index (χ3n) is 11.7. The average Bonchev–Trinajstić information content (AvgIpc) is 3.21. The molecule has 3 heterocycles. The Balaban J connectivity index is 0.0000150. The van der Waals surface area contributed by atoms with Crippen LogP contribution < -0.4 is 5.32 Å². The van der Waals surface area contributed by atoms with Gasteiger partial charge in [-0.2, -0.15) is 0 Å². The summed E-state index contributed by atoms with van der Waals surface area (Å²) >= 11 is 0. The summed E-state index contributed by atoms with van der Waals surface area (Å²) in [5, 5.41) is 111. The molecule has 2 fully saturated rings. The number of carbonyl (C=O) groups is 2. The maximum absolute atomic E-state index is 12.6. The van der Waals surface area contributed by atoms with Gasteiger partial charge in [0.1, 0.15) is 6.10 Å². The minimum absolute atomic E-state index is 0. The van der Waals surface area contributed by atoms with Crippen molar-refractivity contribution in [1.29, 1.82) is 0 Å². The number of rotatable bonds is 3. The second kappa shape index (κ2) is 30.3. The number of nitrogens with one attached hydrogen (secondary N) is 1. The standard InChI is InChI=1S/C48H74NO16.Y/c1-29-18-16-14-12-10-8-6-7-9-11-13-15-17-19-37(64-47-41(57)26-39(55)32(4)63-47)25-43-45(49-33(5)50)42(58)28-48(61,65-43)27-36(53)23-40(56)38(54)21-20-34(51)22-35(52)24-44(59)62-31(3)30(2)46(29)60;/h6-19,26,29-32,34-43,45-47,51-58,60-61H,20-25,27-28H2,1-5H3,(H,49,50);/q-1;/b7-6+,10-8+,11-9+,14-12+,15-13+,18-16+,19-17+;. The quantitative estimate of drug-likeness (QED) is 0.141. The molecule has 2 saturated heterocycles. The van der Waals surface area contributed by atoms with Crippen molar-refractivity contribution in [3.05, 3.63) is 91.5 Å². The molecule has 11 N–H and O–H groups in total. The van der Waals surface area contributed by atoms with Crippen molar-refractivity contribution in [3.63, 3.8) is 0 Å². The van der Waals surface area contributed by atoms with Crippen LogP contribution in [0.3, 0.4) is 0 Å². The first-order valence-corrected chi connectivity index (χ1v) is 22.5. The van der Waals surface area contributed by atoms with Gasteiger partial charge in [-0.15, -0.1) is 0 Å². The second-order valence-electron chi connectivity index (χ2n) is 17.5. The van der Waals surface area contributed by atoms with E-state index in [1.54, 1.807) is 63.3 Å².